The van der Waals surface area contributed by atoms with Crippen molar-refractivity contribution in [2.75, 3.05) is 25.6 Å². The minimum Gasteiger partial charge on any atom is -0.496 e. The maximum atomic E-state index is 12.5. The highest BCUT2D eigenvalue weighted by Gasteiger charge is 2.37. The number of nitrogens with zero attached hydrogens (tertiary/aromatic N) is 1. The summed E-state index contributed by atoms with van der Waals surface area (Å²) >= 11 is 11.8. The van der Waals surface area contributed by atoms with Crippen LogP contribution in [0.4, 0.5) is 5.69 Å². The predicted molar refractivity (Wildman–Crippen MR) is 116 cm³/mol. The molecule has 1 heterocycles. The first kappa shape index (κ1) is 23.4. The molecule has 0 saturated carbocycles. The number of carbonyl (C=O) groups excluding carboxylic acids is 4. The van der Waals surface area contributed by atoms with Gasteiger partial charge in [0.15, 0.2) is 6.61 Å². The second-order valence-electron chi connectivity index (χ2n) is 6.83. The largest absolute Gasteiger partial charge is 0.496 e. The highest BCUT2D eigenvalue weighted by Crippen LogP contribution is 2.25. The number of amides is 3. The molecule has 0 aromatic heterocycles. The number of benzene rings is 2. The van der Waals surface area contributed by atoms with Gasteiger partial charge < -0.3 is 14.8 Å². The van der Waals surface area contributed by atoms with Gasteiger partial charge in [0.25, 0.3) is 11.8 Å². The lowest BCUT2D eigenvalue weighted by Crippen LogP contribution is -2.43. The summed E-state index contributed by atoms with van der Waals surface area (Å²) in [4.78, 5) is 49.0. The van der Waals surface area contributed by atoms with Crippen LogP contribution in [0, 0.1) is 5.92 Å². The third-order valence-electron chi connectivity index (χ3n) is 4.60. The normalized spacial score (nSPS) is 15.3. The molecule has 0 bridgehead atoms. The maximum Gasteiger partial charge on any atom is 0.311 e. The number of ether oxygens (including phenoxy) is 2. The molecular weight excluding hydrogens is 461 g/mol. The highest BCUT2D eigenvalue weighted by molar-refractivity contribution is 6.36. The first-order valence-corrected chi connectivity index (χ1v) is 10.2. The number of hydrogen-bond donors (Lipinski definition) is 2. The highest BCUT2D eigenvalue weighted by atomic mass is 35.5. The van der Waals surface area contributed by atoms with Crippen LogP contribution in [0.2, 0.25) is 10.0 Å². The Morgan fingerprint density at radius 3 is 2.62 bits per heavy atom. The second-order valence-corrected chi connectivity index (χ2v) is 7.67. The van der Waals surface area contributed by atoms with Gasteiger partial charge >= 0.3 is 5.97 Å². The molecule has 0 aliphatic carbocycles. The fourth-order valence-electron chi connectivity index (χ4n) is 3.02. The van der Waals surface area contributed by atoms with E-state index < -0.39 is 36.2 Å². The van der Waals surface area contributed by atoms with Gasteiger partial charge in [-0.1, -0.05) is 35.3 Å². The van der Waals surface area contributed by atoms with E-state index in [0.29, 0.717) is 16.5 Å². The number of halogens is 2. The van der Waals surface area contributed by atoms with E-state index in [1.165, 1.54) is 19.2 Å². The lowest BCUT2D eigenvalue weighted by molar-refractivity contribution is -0.151. The predicted octanol–water partition coefficient (Wildman–Crippen LogP) is 2.68. The number of nitrogens with one attached hydrogen (secondary N) is 2. The molecule has 2 N–H and O–H groups in total. The third kappa shape index (κ3) is 5.68. The van der Waals surface area contributed by atoms with Gasteiger partial charge in [-0.05, 0) is 30.3 Å². The number of rotatable bonds is 7. The summed E-state index contributed by atoms with van der Waals surface area (Å²) in [7, 11) is 1.43. The number of esters is 1. The zero-order valence-corrected chi connectivity index (χ0v) is 18.4. The zero-order valence-electron chi connectivity index (χ0n) is 16.9. The maximum absolute atomic E-state index is 12.5. The Balaban J connectivity index is 1.51. The van der Waals surface area contributed by atoms with E-state index in [1.54, 1.807) is 30.3 Å². The van der Waals surface area contributed by atoms with Gasteiger partial charge in [0.05, 0.1) is 35.8 Å². The quantitative estimate of drug-likeness (QED) is 0.590. The van der Waals surface area contributed by atoms with Crippen molar-refractivity contribution in [1.29, 1.82) is 0 Å². The van der Waals surface area contributed by atoms with Gasteiger partial charge in [0.2, 0.25) is 5.91 Å². The lowest BCUT2D eigenvalue weighted by atomic mass is 10.1. The lowest BCUT2D eigenvalue weighted by Gasteiger charge is -2.18. The number of hydrogen-bond acceptors (Lipinski definition) is 6. The number of hydrazine groups is 1. The standard InChI is InChI=1S/C21H19Cl2N3O6/c1-31-17-5-3-2-4-14(17)20(29)25-26-10-12(8-19(26)28)21(30)32-11-18(27)24-16-7-6-13(22)9-15(16)23/h2-7,9,12H,8,10-11H2,1H3,(H,24,27)(H,25,29)/t12-/m0/s1. The third-order valence-corrected chi connectivity index (χ3v) is 5.15. The molecule has 0 unspecified atom stereocenters. The Bertz CT molecular complexity index is 1060. The average Bonchev–Trinajstić information content (AvgIpc) is 3.14. The summed E-state index contributed by atoms with van der Waals surface area (Å²) in [6.07, 6.45) is -0.157. The smallest absolute Gasteiger partial charge is 0.311 e. The van der Waals surface area contributed by atoms with Gasteiger partial charge in [0.1, 0.15) is 5.75 Å². The number of para-hydroxylation sites is 1. The number of methoxy groups -OCH3 is 1. The molecule has 3 rings (SSSR count). The van der Waals surface area contributed by atoms with E-state index in [1.807, 2.05) is 0 Å². The number of anilines is 1. The van der Waals surface area contributed by atoms with Crippen molar-refractivity contribution in [2.24, 2.45) is 5.92 Å². The Morgan fingerprint density at radius 2 is 1.91 bits per heavy atom. The van der Waals surface area contributed by atoms with E-state index in [2.05, 4.69) is 10.7 Å². The molecule has 168 valence electrons. The molecule has 32 heavy (non-hydrogen) atoms. The minimum absolute atomic E-state index is 0.0802. The number of carbonyl (C=O) groups is 4. The van der Waals surface area contributed by atoms with Crippen LogP contribution in [0.1, 0.15) is 16.8 Å². The van der Waals surface area contributed by atoms with Crippen molar-refractivity contribution < 1.29 is 28.7 Å². The van der Waals surface area contributed by atoms with Gasteiger partial charge in [0, 0.05) is 11.4 Å². The van der Waals surface area contributed by atoms with Crippen LogP contribution < -0.4 is 15.5 Å². The zero-order chi connectivity index (χ0) is 23.3. The van der Waals surface area contributed by atoms with Gasteiger partial charge in [-0.2, -0.15) is 0 Å². The van der Waals surface area contributed by atoms with Crippen molar-refractivity contribution >= 4 is 52.6 Å². The van der Waals surface area contributed by atoms with E-state index in [9.17, 15) is 19.2 Å². The molecule has 1 saturated heterocycles. The second kappa shape index (κ2) is 10.3. The Labute approximate surface area is 193 Å². The van der Waals surface area contributed by atoms with Crippen LogP contribution in [0.3, 0.4) is 0 Å². The van der Waals surface area contributed by atoms with Crippen molar-refractivity contribution in [3.63, 3.8) is 0 Å². The van der Waals surface area contributed by atoms with Crippen molar-refractivity contribution in [3.05, 3.63) is 58.1 Å². The summed E-state index contributed by atoms with van der Waals surface area (Å²) in [5, 5.41) is 4.20. The van der Waals surface area contributed by atoms with E-state index in [4.69, 9.17) is 32.7 Å². The molecule has 1 aliphatic heterocycles. The molecule has 3 amide bonds. The summed E-state index contributed by atoms with van der Waals surface area (Å²) in [6, 6.07) is 11.1. The molecule has 1 fully saturated rings. The van der Waals surface area contributed by atoms with Gasteiger partial charge in [-0.25, -0.2) is 0 Å². The molecular formula is C21H19Cl2N3O6. The van der Waals surface area contributed by atoms with Crippen LogP contribution in [-0.4, -0.2) is 49.0 Å². The molecule has 1 aliphatic rings. The molecule has 11 heteroatoms. The van der Waals surface area contributed by atoms with E-state index in [0.717, 1.165) is 5.01 Å². The van der Waals surface area contributed by atoms with Crippen LogP contribution in [0.5, 0.6) is 5.75 Å². The summed E-state index contributed by atoms with van der Waals surface area (Å²) < 4.78 is 10.2. The fourth-order valence-corrected chi connectivity index (χ4v) is 3.48. The van der Waals surface area contributed by atoms with Crippen molar-refractivity contribution in [2.45, 2.75) is 6.42 Å². The molecule has 2 aromatic carbocycles. The van der Waals surface area contributed by atoms with Crippen molar-refractivity contribution in [3.8, 4) is 5.75 Å². The van der Waals surface area contributed by atoms with Crippen LogP contribution in [-0.2, 0) is 19.1 Å². The molecule has 0 spiro atoms. The Hall–Kier alpha value is -3.30. The minimum atomic E-state index is -0.826. The summed E-state index contributed by atoms with van der Waals surface area (Å²) in [5.74, 6) is -2.82. The monoisotopic (exact) mass is 479 g/mol. The topological polar surface area (TPSA) is 114 Å². The first-order chi connectivity index (χ1) is 15.3. The van der Waals surface area contributed by atoms with E-state index in [-0.39, 0.29) is 23.6 Å². The molecule has 9 nitrogen and oxygen atoms in total. The average molecular weight is 480 g/mol. The SMILES string of the molecule is COc1ccccc1C(=O)NN1C[C@@H](C(=O)OCC(=O)Nc2ccc(Cl)cc2Cl)CC1=O. The molecule has 0 radical (unpaired) electrons. The van der Waals surface area contributed by atoms with Gasteiger partial charge in [-0.3, -0.25) is 29.6 Å². The Kier molecular flexibility index (Phi) is 7.55. The molecule has 2 aromatic rings. The Morgan fingerprint density at radius 1 is 1.16 bits per heavy atom. The van der Waals surface area contributed by atoms with Crippen LogP contribution in [0.25, 0.3) is 0 Å². The first-order valence-electron chi connectivity index (χ1n) is 9.44. The van der Waals surface area contributed by atoms with Crippen LogP contribution >= 0.6 is 23.2 Å². The molecule has 1 atom stereocenters. The fraction of sp³-hybridized carbons (Fsp3) is 0.238. The van der Waals surface area contributed by atoms with Crippen molar-refractivity contribution in [1.82, 2.24) is 10.4 Å². The summed E-state index contributed by atoms with van der Waals surface area (Å²) in [5.41, 5.74) is 3.03. The van der Waals surface area contributed by atoms with E-state index >= 15 is 0 Å². The van der Waals surface area contributed by atoms with Gasteiger partial charge in [-0.15, -0.1) is 0 Å². The summed E-state index contributed by atoms with van der Waals surface area (Å²) in [6.45, 7) is -0.640. The van der Waals surface area contributed by atoms with Crippen LogP contribution in [0.15, 0.2) is 42.5 Å².